The van der Waals surface area contributed by atoms with Gasteiger partial charge in [-0.3, -0.25) is 14.5 Å². The molecule has 1 saturated heterocycles. The first-order valence-corrected chi connectivity index (χ1v) is 9.74. The third-order valence-electron chi connectivity index (χ3n) is 4.83. The van der Waals surface area contributed by atoms with Gasteiger partial charge in [-0.05, 0) is 36.5 Å². The Balaban J connectivity index is 1.50. The van der Waals surface area contributed by atoms with Crippen molar-refractivity contribution in [1.82, 2.24) is 29.2 Å². The van der Waals surface area contributed by atoms with E-state index in [2.05, 4.69) is 32.4 Å². The molecule has 4 rings (SSSR count). The number of nitrogens with zero attached hydrogens (tertiary/aromatic N) is 7. The van der Waals surface area contributed by atoms with Gasteiger partial charge in [0.25, 0.3) is 0 Å². The van der Waals surface area contributed by atoms with Gasteiger partial charge in [0.1, 0.15) is 5.82 Å². The van der Waals surface area contributed by atoms with Gasteiger partial charge in [-0.1, -0.05) is 12.1 Å². The van der Waals surface area contributed by atoms with Gasteiger partial charge in [0.2, 0.25) is 0 Å². The molecule has 28 heavy (non-hydrogen) atoms. The van der Waals surface area contributed by atoms with Crippen molar-refractivity contribution < 1.29 is 0 Å². The lowest BCUT2D eigenvalue weighted by Crippen LogP contribution is -2.47. The molecule has 0 amide bonds. The van der Waals surface area contributed by atoms with Crippen LogP contribution >= 0.6 is 12.2 Å². The summed E-state index contributed by atoms with van der Waals surface area (Å²) in [6.07, 6.45) is 7.25. The van der Waals surface area contributed by atoms with Crippen LogP contribution in [-0.2, 0) is 13.2 Å². The normalized spacial score (nSPS) is 14.9. The zero-order valence-electron chi connectivity index (χ0n) is 15.7. The van der Waals surface area contributed by atoms with Gasteiger partial charge in [0, 0.05) is 56.9 Å². The van der Waals surface area contributed by atoms with Gasteiger partial charge in [0.15, 0.2) is 10.6 Å². The Morgan fingerprint density at radius 1 is 1.07 bits per heavy atom. The Kier molecular flexibility index (Phi) is 5.59. The van der Waals surface area contributed by atoms with Crippen LogP contribution in [0, 0.1) is 4.77 Å². The molecule has 0 radical (unpaired) electrons. The van der Waals surface area contributed by atoms with Gasteiger partial charge < -0.3 is 4.90 Å². The van der Waals surface area contributed by atoms with E-state index in [0.29, 0.717) is 18.0 Å². The second-order valence-electron chi connectivity index (χ2n) is 6.68. The number of hydrogen-bond donors (Lipinski definition) is 0. The third-order valence-corrected chi connectivity index (χ3v) is 5.26. The molecule has 3 aromatic rings. The van der Waals surface area contributed by atoms with Crippen molar-refractivity contribution in [2.75, 3.05) is 31.1 Å². The fraction of sp³-hybridized carbons (Fsp3) is 0.300. The molecule has 0 saturated carbocycles. The predicted octanol–water partition coefficient (Wildman–Crippen LogP) is 2.84. The number of pyridine rings is 2. The van der Waals surface area contributed by atoms with Crippen LogP contribution < -0.4 is 4.90 Å². The van der Waals surface area contributed by atoms with E-state index in [-0.39, 0.29) is 0 Å². The van der Waals surface area contributed by atoms with Crippen LogP contribution in [0.4, 0.5) is 5.82 Å². The molecule has 1 aliphatic rings. The smallest absolute Gasteiger partial charge is 0.199 e. The summed E-state index contributed by atoms with van der Waals surface area (Å²) in [5, 5.41) is 4.79. The highest BCUT2D eigenvalue weighted by molar-refractivity contribution is 7.71. The quantitative estimate of drug-likeness (QED) is 0.474. The van der Waals surface area contributed by atoms with Crippen molar-refractivity contribution in [2.45, 2.75) is 13.2 Å². The van der Waals surface area contributed by atoms with Gasteiger partial charge in [-0.15, -0.1) is 6.58 Å². The summed E-state index contributed by atoms with van der Waals surface area (Å²) < 4.78 is 4.60. The maximum Gasteiger partial charge on any atom is 0.199 e. The van der Waals surface area contributed by atoms with Crippen LogP contribution in [0.5, 0.6) is 0 Å². The Morgan fingerprint density at radius 2 is 1.93 bits per heavy atom. The number of aromatic nitrogens is 5. The molecular weight excluding hydrogens is 370 g/mol. The lowest BCUT2D eigenvalue weighted by Gasteiger charge is -2.35. The van der Waals surface area contributed by atoms with Crippen molar-refractivity contribution in [2.24, 2.45) is 0 Å². The first kappa shape index (κ1) is 18.5. The van der Waals surface area contributed by atoms with Gasteiger partial charge in [0.05, 0.1) is 6.67 Å². The van der Waals surface area contributed by atoms with E-state index in [9.17, 15) is 0 Å². The van der Waals surface area contributed by atoms with E-state index in [0.717, 1.165) is 43.4 Å². The molecule has 8 heteroatoms. The number of anilines is 1. The maximum atomic E-state index is 5.69. The molecule has 0 aliphatic carbocycles. The Morgan fingerprint density at radius 3 is 2.61 bits per heavy atom. The SMILES string of the molecule is C=CCn1c(-c2cccnc2)nn(CN2CCN(c3ccccn3)CC2)c1=S. The van der Waals surface area contributed by atoms with E-state index >= 15 is 0 Å². The van der Waals surface area contributed by atoms with Crippen molar-refractivity contribution in [3.8, 4) is 11.4 Å². The van der Waals surface area contributed by atoms with Crippen LogP contribution in [0.1, 0.15) is 0 Å². The van der Waals surface area contributed by atoms with Crippen molar-refractivity contribution in [1.29, 1.82) is 0 Å². The van der Waals surface area contributed by atoms with Crippen LogP contribution in [0.2, 0.25) is 0 Å². The average Bonchev–Trinajstić information content (AvgIpc) is 3.06. The fourth-order valence-corrected chi connectivity index (χ4v) is 3.64. The van der Waals surface area contributed by atoms with Crippen LogP contribution in [0.25, 0.3) is 11.4 Å². The molecule has 144 valence electrons. The Bertz CT molecular complexity index is 973. The Hall–Kier alpha value is -2.84. The lowest BCUT2D eigenvalue weighted by molar-refractivity contribution is 0.194. The largest absolute Gasteiger partial charge is 0.354 e. The van der Waals surface area contributed by atoms with Crippen LogP contribution in [-0.4, -0.2) is 55.4 Å². The molecule has 0 spiro atoms. The summed E-state index contributed by atoms with van der Waals surface area (Å²) in [4.78, 5) is 13.3. The van der Waals surface area contributed by atoms with E-state index in [1.807, 2.05) is 52.0 Å². The number of piperazine rings is 1. The molecule has 0 unspecified atom stereocenters. The molecule has 0 N–H and O–H groups in total. The predicted molar refractivity (Wildman–Crippen MR) is 113 cm³/mol. The first-order valence-electron chi connectivity index (χ1n) is 9.33. The monoisotopic (exact) mass is 393 g/mol. The number of allylic oxidation sites excluding steroid dienone is 1. The van der Waals surface area contributed by atoms with Crippen molar-refractivity contribution in [3.05, 3.63) is 66.3 Å². The van der Waals surface area contributed by atoms with Gasteiger partial charge >= 0.3 is 0 Å². The molecule has 1 aliphatic heterocycles. The molecule has 7 nitrogen and oxygen atoms in total. The zero-order chi connectivity index (χ0) is 19.3. The first-order chi connectivity index (χ1) is 13.8. The highest BCUT2D eigenvalue weighted by atomic mass is 32.1. The highest BCUT2D eigenvalue weighted by Crippen LogP contribution is 2.18. The summed E-state index contributed by atoms with van der Waals surface area (Å²) in [7, 11) is 0. The summed E-state index contributed by atoms with van der Waals surface area (Å²) in [6, 6.07) is 9.94. The number of rotatable bonds is 6. The van der Waals surface area contributed by atoms with E-state index in [4.69, 9.17) is 17.3 Å². The van der Waals surface area contributed by atoms with E-state index in [1.54, 1.807) is 6.20 Å². The second kappa shape index (κ2) is 8.45. The summed E-state index contributed by atoms with van der Waals surface area (Å²) in [5.74, 6) is 1.86. The minimum Gasteiger partial charge on any atom is -0.354 e. The molecule has 3 aromatic heterocycles. The average molecular weight is 394 g/mol. The summed E-state index contributed by atoms with van der Waals surface area (Å²) in [6.45, 7) is 8.90. The minimum absolute atomic E-state index is 0.622. The summed E-state index contributed by atoms with van der Waals surface area (Å²) >= 11 is 5.69. The van der Waals surface area contributed by atoms with E-state index in [1.165, 1.54) is 0 Å². The molecular formula is C20H23N7S. The minimum atomic E-state index is 0.622. The van der Waals surface area contributed by atoms with Crippen molar-refractivity contribution in [3.63, 3.8) is 0 Å². The lowest BCUT2D eigenvalue weighted by atomic mass is 10.3. The second-order valence-corrected chi connectivity index (χ2v) is 7.05. The standard InChI is InChI=1S/C20H23N7S/c1-2-10-26-19(17-6-5-8-21-15-17)23-27(20(26)28)16-24-11-13-25(14-12-24)18-7-3-4-9-22-18/h2-9,15H,1,10-14,16H2. The molecule has 0 atom stereocenters. The van der Waals surface area contributed by atoms with Gasteiger partial charge in [-0.25, -0.2) is 9.67 Å². The Labute approximate surface area is 169 Å². The fourth-order valence-electron chi connectivity index (χ4n) is 3.38. The third kappa shape index (κ3) is 3.88. The maximum absolute atomic E-state index is 5.69. The topological polar surface area (TPSA) is 55.0 Å². The van der Waals surface area contributed by atoms with Crippen LogP contribution in [0.3, 0.4) is 0 Å². The highest BCUT2D eigenvalue weighted by Gasteiger charge is 2.20. The molecule has 4 heterocycles. The van der Waals surface area contributed by atoms with Crippen molar-refractivity contribution >= 4 is 18.0 Å². The van der Waals surface area contributed by atoms with Crippen LogP contribution in [0.15, 0.2) is 61.6 Å². The number of hydrogen-bond acceptors (Lipinski definition) is 6. The molecule has 0 bridgehead atoms. The summed E-state index contributed by atoms with van der Waals surface area (Å²) in [5.41, 5.74) is 0.953. The zero-order valence-corrected chi connectivity index (χ0v) is 16.5. The molecule has 1 fully saturated rings. The van der Waals surface area contributed by atoms with E-state index < -0.39 is 0 Å². The van der Waals surface area contributed by atoms with Gasteiger partial charge in [-0.2, -0.15) is 5.10 Å². The molecule has 0 aromatic carbocycles.